The summed E-state index contributed by atoms with van der Waals surface area (Å²) in [5.41, 5.74) is 2.20. The van der Waals surface area contributed by atoms with Crippen molar-refractivity contribution in [1.82, 2.24) is 19.6 Å². The molecule has 1 amide bonds. The molecular weight excluding hydrogens is 446 g/mol. The Hall–Kier alpha value is -2.97. The van der Waals surface area contributed by atoms with Gasteiger partial charge in [-0.3, -0.25) is 14.0 Å². The summed E-state index contributed by atoms with van der Waals surface area (Å²) in [6.45, 7) is 15.1. The van der Waals surface area contributed by atoms with Gasteiger partial charge in [0.2, 0.25) is 5.43 Å². The van der Waals surface area contributed by atoms with E-state index in [4.69, 9.17) is 4.98 Å². The standard InChI is InChI=1S/C26H33N5O2S.H2/c1-5-11-20-21(6-2)34-26-22(25(33)27-12-15-29-13-9-10-14-29)23(32)19-16-18(30(7-3)8-4)17-28-24(19)31(20)26;/h5-6,11,16-17H,2,7-10,12-15H2,1,3-4H3,(H,27,33);1H/b11-5-;. The van der Waals surface area contributed by atoms with Crippen molar-refractivity contribution in [3.05, 3.63) is 51.3 Å². The monoisotopic (exact) mass is 481 g/mol. The van der Waals surface area contributed by atoms with E-state index in [2.05, 4.69) is 35.5 Å². The Labute approximate surface area is 205 Å². The molecular formula is C26H35N5O2S. The topological polar surface area (TPSA) is 70.0 Å². The first-order chi connectivity index (χ1) is 16.5. The molecule has 1 aliphatic rings. The molecule has 34 heavy (non-hydrogen) atoms. The smallest absolute Gasteiger partial charge is 0.258 e. The van der Waals surface area contributed by atoms with Gasteiger partial charge in [-0.25, -0.2) is 4.98 Å². The second-order valence-electron chi connectivity index (χ2n) is 8.44. The number of aromatic nitrogens is 2. The van der Waals surface area contributed by atoms with Gasteiger partial charge in [-0.05, 0) is 64.9 Å². The van der Waals surface area contributed by atoms with E-state index in [1.165, 1.54) is 24.2 Å². The van der Waals surface area contributed by atoms with Crippen molar-refractivity contribution in [1.29, 1.82) is 0 Å². The van der Waals surface area contributed by atoms with Crippen LogP contribution in [0.5, 0.6) is 0 Å². The SMILES string of the molecule is C=Cc1sc2c(C(=O)NCCN3CCCC3)c(=O)c3cc(N(CC)CC)cnc3n2c1/C=C\C.[HH]. The van der Waals surface area contributed by atoms with Gasteiger partial charge in [-0.2, -0.15) is 0 Å². The predicted molar refractivity (Wildman–Crippen MR) is 145 cm³/mol. The van der Waals surface area contributed by atoms with E-state index in [1.807, 2.05) is 35.7 Å². The zero-order chi connectivity index (χ0) is 24.2. The average molecular weight is 482 g/mol. The van der Waals surface area contributed by atoms with Crippen LogP contribution in [0, 0.1) is 0 Å². The highest BCUT2D eigenvalue weighted by Crippen LogP contribution is 2.31. The summed E-state index contributed by atoms with van der Waals surface area (Å²) in [7, 11) is 0. The molecule has 1 saturated heterocycles. The molecule has 0 atom stereocenters. The maximum atomic E-state index is 13.7. The third-order valence-corrected chi connectivity index (χ3v) is 7.61. The average Bonchev–Trinajstić information content (AvgIpc) is 3.48. The quantitative estimate of drug-likeness (QED) is 0.487. The van der Waals surface area contributed by atoms with Crippen molar-refractivity contribution in [2.45, 2.75) is 33.6 Å². The van der Waals surface area contributed by atoms with Crippen LogP contribution < -0.4 is 15.6 Å². The van der Waals surface area contributed by atoms with E-state index < -0.39 is 0 Å². The fourth-order valence-corrected chi connectivity index (χ4v) is 5.78. The lowest BCUT2D eigenvalue weighted by Gasteiger charge is -2.21. The number of nitrogens with one attached hydrogen (secondary N) is 1. The zero-order valence-electron chi connectivity index (χ0n) is 20.3. The second kappa shape index (κ2) is 10.5. The largest absolute Gasteiger partial charge is 0.371 e. The maximum Gasteiger partial charge on any atom is 0.258 e. The Morgan fingerprint density at radius 1 is 1.32 bits per heavy atom. The normalized spacial score (nSPS) is 14.4. The lowest BCUT2D eigenvalue weighted by atomic mass is 10.1. The molecule has 1 fully saturated rings. The van der Waals surface area contributed by atoms with E-state index in [-0.39, 0.29) is 18.3 Å². The van der Waals surface area contributed by atoms with Crippen LogP contribution in [0.4, 0.5) is 5.69 Å². The van der Waals surface area contributed by atoms with Gasteiger partial charge in [0.1, 0.15) is 16.0 Å². The predicted octanol–water partition coefficient (Wildman–Crippen LogP) is 4.50. The number of pyridine rings is 2. The molecule has 0 aromatic carbocycles. The highest BCUT2D eigenvalue weighted by Gasteiger charge is 2.24. The molecule has 0 bridgehead atoms. The van der Waals surface area contributed by atoms with Crippen molar-refractivity contribution in [2.75, 3.05) is 44.2 Å². The molecule has 7 nitrogen and oxygen atoms in total. The number of carbonyl (C=O) groups is 1. The Morgan fingerprint density at radius 3 is 2.71 bits per heavy atom. The first-order valence-corrected chi connectivity index (χ1v) is 12.9. The molecule has 0 unspecified atom stereocenters. The van der Waals surface area contributed by atoms with Gasteiger partial charge in [-0.15, -0.1) is 11.3 Å². The van der Waals surface area contributed by atoms with E-state index >= 15 is 0 Å². The first kappa shape index (κ1) is 24.2. The van der Waals surface area contributed by atoms with Crippen molar-refractivity contribution in [2.24, 2.45) is 0 Å². The van der Waals surface area contributed by atoms with Gasteiger partial charge in [0.15, 0.2) is 0 Å². The number of hydrogen-bond donors (Lipinski definition) is 1. The Bertz CT molecular complexity index is 1300. The van der Waals surface area contributed by atoms with Gasteiger partial charge < -0.3 is 15.1 Å². The molecule has 1 aliphatic heterocycles. The highest BCUT2D eigenvalue weighted by atomic mass is 32.1. The lowest BCUT2D eigenvalue weighted by molar-refractivity contribution is 0.0950. The summed E-state index contributed by atoms with van der Waals surface area (Å²) in [4.78, 5) is 37.8. The first-order valence-electron chi connectivity index (χ1n) is 12.1. The third kappa shape index (κ3) is 4.40. The second-order valence-corrected chi connectivity index (χ2v) is 9.47. The highest BCUT2D eigenvalue weighted by molar-refractivity contribution is 7.19. The van der Waals surface area contributed by atoms with E-state index in [1.54, 1.807) is 6.08 Å². The van der Waals surface area contributed by atoms with Gasteiger partial charge in [0.05, 0.1) is 27.8 Å². The van der Waals surface area contributed by atoms with Gasteiger partial charge in [0, 0.05) is 27.6 Å². The van der Waals surface area contributed by atoms with Crippen LogP contribution in [-0.2, 0) is 0 Å². The minimum absolute atomic E-state index is 0. The number of nitrogens with zero attached hydrogens (tertiary/aromatic N) is 4. The number of rotatable bonds is 9. The zero-order valence-corrected chi connectivity index (χ0v) is 21.1. The molecule has 0 aliphatic carbocycles. The molecule has 182 valence electrons. The van der Waals surface area contributed by atoms with Crippen molar-refractivity contribution in [3.63, 3.8) is 0 Å². The van der Waals surface area contributed by atoms with E-state index in [0.29, 0.717) is 22.4 Å². The number of fused-ring (bicyclic) bond motifs is 3. The summed E-state index contributed by atoms with van der Waals surface area (Å²) in [5, 5.41) is 3.45. The van der Waals surface area contributed by atoms with Gasteiger partial charge in [-0.1, -0.05) is 12.7 Å². The van der Waals surface area contributed by atoms with Crippen LogP contribution in [0.25, 0.3) is 28.0 Å². The van der Waals surface area contributed by atoms with Crippen LogP contribution in [0.3, 0.4) is 0 Å². The van der Waals surface area contributed by atoms with E-state index in [0.717, 1.165) is 49.0 Å². The van der Waals surface area contributed by atoms with E-state index in [9.17, 15) is 9.59 Å². The summed E-state index contributed by atoms with van der Waals surface area (Å²) in [5.74, 6) is -0.333. The molecule has 4 rings (SSSR count). The fourth-order valence-electron chi connectivity index (χ4n) is 4.66. The number of likely N-dealkylation sites (tertiary alicyclic amines) is 1. The Kier molecular flexibility index (Phi) is 7.48. The van der Waals surface area contributed by atoms with Crippen LogP contribution >= 0.6 is 11.3 Å². The third-order valence-electron chi connectivity index (χ3n) is 6.43. The van der Waals surface area contributed by atoms with Crippen LogP contribution in [0.15, 0.2) is 29.7 Å². The number of carbonyl (C=O) groups excluding carboxylic acids is 1. The van der Waals surface area contributed by atoms with Crippen molar-refractivity contribution < 1.29 is 6.22 Å². The summed E-state index contributed by atoms with van der Waals surface area (Å²) < 4.78 is 1.93. The number of thiazole rings is 1. The Balaban J connectivity index is 0.00000342. The van der Waals surface area contributed by atoms with Gasteiger partial charge in [0.25, 0.3) is 5.91 Å². The maximum absolute atomic E-state index is 13.7. The van der Waals surface area contributed by atoms with Crippen molar-refractivity contribution >= 4 is 50.9 Å². The Morgan fingerprint density at radius 2 is 2.06 bits per heavy atom. The molecule has 0 radical (unpaired) electrons. The van der Waals surface area contributed by atoms with Crippen LogP contribution in [-0.4, -0.2) is 59.5 Å². The van der Waals surface area contributed by atoms with Gasteiger partial charge >= 0.3 is 0 Å². The molecule has 0 spiro atoms. The fraction of sp³-hybridized carbons (Fsp3) is 0.423. The molecule has 0 saturated carbocycles. The summed E-state index contributed by atoms with van der Waals surface area (Å²) in [6, 6.07) is 1.87. The number of allylic oxidation sites excluding steroid dienone is 1. The molecule has 3 aromatic rings. The number of amides is 1. The molecule has 8 heteroatoms. The number of hydrogen-bond acceptors (Lipinski definition) is 6. The minimum Gasteiger partial charge on any atom is -0.371 e. The van der Waals surface area contributed by atoms with Crippen LogP contribution in [0.2, 0.25) is 0 Å². The summed E-state index contributed by atoms with van der Waals surface area (Å²) in [6.07, 6.45) is 9.90. The molecule has 1 N–H and O–H groups in total. The lowest BCUT2D eigenvalue weighted by Crippen LogP contribution is -2.36. The molecule has 4 heterocycles. The summed E-state index contributed by atoms with van der Waals surface area (Å²) >= 11 is 1.40. The molecule has 3 aromatic heterocycles. The minimum atomic E-state index is -0.333. The van der Waals surface area contributed by atoms with Crippen molar-refractivity contribution in [3.8, 4) is 0 Å². The number of anilines is 1. The van der Waals surface area contributed by atoms with Crippen LogP contribution in [0.1, 0.15) is 56.0 Å².